The summed E-state index contributed by atoms with van der Waals surface area (Å²) in [7, 11) is 3.53. The topological polar surface area (TPSA) is 36.3 Å². The second-order valence-corrected chi connectivity index (χ2v) is 5.27. The molecule has 1 aromatic heterocycles. The fourth-order valence-electron chi connectivity index (χ4n) is 1.94. The lowest BCUT2D eigenvalue weighted by Gasteiger charge is -2.14. The Kier molecular flexibility index (Phi) is 5.31. The zero-order valence-electron chi connectivity index (χ0n) is 11.4. The standard InChI is InChI=1S/C14H16BrClN2O2/c1-18-12(3-5-17-18)4-6-20-14-10(9-15)7-11(16)8-13(14)19-2/h3,5,7-8H,4,6,9H2,1-2H3. The Morgan fingerprint density at radius 3 is 2.80 bits per heavy atom. The highest BCUT2D eigenvalue weighted by atomic mass is 79.9. The molecule has 2 aromatic rings. The maximum atomic E-state index is 6.05. The van der Waals surface area contributed by atoms with Gasteiger partial charge in [-0.25, -0.2) is 0 Å². The van der Waals surface area contributed by atoms with E-state index in [0.717, 1.165) is 23.4 Å². The van der Waals surface area contributed by atoms with E-state index in [4.69, 9.17) is 21.1 Å². The van der Waals surface area contributed by atoms with Crippen LogP contribution in [-0.4, -0.2) is 23.5 Å². The van der Waals surface area contributed by atoms with Gasteiger partial charge in [-0.2, -0.15) is 5.10 Å². The number of halogens is 2. The number of nitrogens with zero attached hydrogens (tertiary/aromatic N) is 2. The van der Waals surface area contributed by atoms with E-state index in [-0.39, 0.29) is 0 Å². The zero-order valence-corrected chi connectivity index (χ0v) is 13.7. The minimum Gasteiger partial charge on any atom is -0.493 e. The number of aromatic nitrogens is 2. The second kappa shape index (κ2) is 6.99. The Bertz CT molecular complexity index is 561. The summed E-state index contributed by atoms with van der Waals surface area (Å²) in [6.07, 6.45) is 2.56. The molecule has 0 N–H and O–H groups in total. The number of hydrogen-bond donors (Lipinski definition) is 0. The quantitative estimate of drug-likeness (QED) is 0.739. The van der Waals surface area contributed by atoms with Gasteiger partial charge in [-0.05, 0) is 12.1 Å². The zero-order chi connectivity index (χ0) is 14.5. The first-order valence-corrected chi connectivity index (χ1v) is 7.67. The van der Waals surface area contributed by atoms with Crippen LogP contribution in [0.5, 0.6) is 11.5 Å². The largest absolute Gasteiger partial charge is 0.493 e. The molecule has 0 fully saturated rings. The maximum Gasteiger partial charge on any atom is 0.165 e. The predicted molar refractivity (Wildman–Crippen MR) is 83.0 cm³/mol. The molecule has 20 heavy (non-hydrogen) atoms. The third-order valence-corrected chi connectivity index (χ3v) is 3.81. The molecule has 1 aromatic carbocycles. The predicted octanol–water partition coefficient (Wildman–Crippen LogP) is 3.60. The summed E-state index contributed by atoms with van der Waals surface area (Å²) in [6, 6.07) is 5.61. The van der Waals surface area contributed by atoms with Crippen molar-refractivity contribution in [3.63, 3.8) is 0 Å². The van der Waals surface area contributed by atoms with E-state index in [1.165, 1.54) is 0 Å². The number of hydrogen-bond acceptors (Lipinski definition) is 3. The molecule has 0 aliphatic heterocycles. The van der Waals surface area contributed by atoms with Crippen LogP contribution in [0, 0.1) is 0 Å². The molecule has 1 heterocycles. The van der Waals surface area contributed by atoms with Crippen LogP contribution in [0.25, 0.3) is 0 Å². The minimum absolute atomic E-state index is 0.553. The summed E-state index contributed by atoms with van der Waals surface area (Å²) in [6.45, 7) is 0.553. The van der Waals surface area contributed by atoms with Crippen molar-refractivity contribution >= 4 is 27.5 Å². The van der Waals surface area contributed by atoms with Crippen molar-refractivity contribution < 1.29 is 9.47 Å². The number of aryl methyl sites for hydroxylation is 1. The Labute approximate surface area is 131 Å². The van der Waals surface area contributed by atoms with Crippen molar-refractivity contribution in [3.8, 4) is 11.5 Å². The lowest BCUT2D eigenvalue weighted by molar-refractivity contribution is 0.293. The van der Waals surface area contributed by atoms with E-state index in [0.29, 0.717) is 22.7 Å². The molecule has 4 nitrogen and oxygen atoms in total. The van der Waals surface area contributed by atoms with Crippen LogP contribution in [0.3, 0.4) is 0 Å². The number of methoxy groups -OCH3 is 1. The van der Waals surface area contributed by atoms with Crippen molar-refractivity contribution in [3.05, 3.63) is 40.7 Å². The molecule has 2 rings (SSSR count). The molecular weight excluding hydrogens is 344 g/mol. The van der Waals surface area contributed by atoms with Gasteiger partial charge < -0.3 is 9.47 Å². The number of rotatable bonds is 6. The van der Waals surface area contributed by atoms with Gasteiger partial charge in [0.1, 0.15) is 0 Å². The smallest absolute Gasteiger partial charge is 0.165 e. The van der Waals surface area contributed by atoms with E-state index >= 15 is 0 Å². The van der Waals surface area contributed by atoms with E-state index in [2.05, 4.69) is 21.0 Å². The number of alkyl halides is 1. The molecule has 0 aliphatic carbocycles. The molecule has 6 heteroatoms. The first-order valence-electron chi connectivity index (χ1n) is 6.17. The lowest BCUT2D eigenvalue weighted by Crippen LogP contribution is -2.07. The van der Waals surface area contributed by atoms with Crippen molar-refractivity contribution in [2.24, 2.45) is 7.05 Å². The van der Waals surface area contributed by atoms with Gasteiger partial charge in [-0.15, -0.1) is 0 Å². The molecular formula is C14H16BrClN2O2. The van der Waals surface area contributed by atoms with E-state index < -0.39 is 0 Å². The van der Waals surface area contributed by atoms with Gasteiger partial charge in [-0.1, -0.05) is 27.5 Å². The molecule has 0 saturated heterocycles. The molecule has 0 saturated carbocycles. The first-order chi connectivity index (χ1) is 9.65. The van der Waals surface area contributed by atoms with E-state index in [1.807, 2.05) is 23.9 Å². The Morgan fingerprint density at radius 2 is 2.20 bits per heavy atom. The van der Waals surface area contributed by atoms with Crippen LogP contribution in [0.15, 0.2) is 24.4 Å². The maximum absolute atomic E-state index is 6.05. The van der Waals surface area contributed by atoms with Gasteiger partial charge in [-0.3, -0.25) is 4.68 Å². The molecule has 0 atom stereocenters. The molecule has 0 radical (unpaired) electrons. The van der Waals surface area contributed by atoms with Crippen LogP contribution in [0.4, 0.5) is 0 Å². The van der Waals surface area contributed by atoms with Crippen molar-refractivity contribution in [2.75, 3.05) is 13.7 Å². The fourth-order valence-corrected chi connectivity index (χ4v) is 2.59. The van der Waals surface area contributed by atoms with Crippen LogP contribution in [0.2, 0.25) is 5.02 Å². The third kappa shape index (κ3) is 3.46. The highest BCUT2D eigenvalue weighted by Gasteiger charge is 2.12. The minimum atomic E-state index is 0.553. The van der Waals surface area contributed by atoms with E-state index in [1.54, 1.807) is 19.4 Å². The first kappa shape index (κ1) is 15.2. The molecule has 0 unspecified atom stereocenters. The summed E-state index contributed by atoms with van der Waals surface area (Å²) in [4.78, 5) is 0. The molecule has 0 spiro atoms. The highest BCUT2D eigenvalue weighted by molar-refractivity contribution is 9.08. The van der Waals surface area contributed by atoms with Crippen molar-refractivity contribution in [1.29, 1.82) is 0 Å². The van der Waals surface area contributed by atoms with Gasteiger partial charge in [0.05, 0.1) is 13.7 Å². The summed E-state index contributed by atoms with van der Waals surface area (Å²) >= 11 is 9.49. The summed E-state index contributed by atoms with van der Waals surface area (Å²) in [5.41, 5.74) is 2.10. The van der Waals surface area contributed by atoms with Crippen LogP contribution in [-0.2, 0) is 18.8 Å². The molecule has 0 bridgehead atoms. The van der Waals surface area contributed by atoms with Crippen molar-refractivity contribution in [1.82, 2.24) is 9.78 Å². The van der Waals surface area contributed by atoms with Gasteiger partial charge in [0.15, 0.2) is 11.5 Å². The Morgan fingerprint density at radius 1 is 1.40 bits per heavy atom. The fraction of sp³-hybridized carbons (Fsp3) is 0.357. The van der Waals surface area contributed by atoms with Crippen LogP contribution < -0.4 is 9.47 Å². The third-order valence-electron chi connectivity index (χ3n) is 2.99. The molecule has 0 amide bonds. The van der Waals surface area contributed by atoms with Crippen LogP contribution >= 0.6 is 27.5 Å². The summed E-state index contributed by atoms with van der Waals surface area (Å²) in [5, 5.41) is 5.43. The molecule has 108 valence electrons. The van der Waals surface area contributed by atoms with E-state index in [9.17, 15) is 0 Å². The van der Waals surface area contributed by atoms with Gasteiger partial charge in [0.25, 0.3) is 0 Å². The van der Waals surface area contributed by atoms with Crippen LogP contribution in [0.1, 0.15) is 11.3 Å². The van der Waals surface area contributed by atoms with Gasteiger partial charge >= 0.3 is 0 Å². The lowest BCUT2D eigenvalue weighted by atomic mass is 10.2. The highest BCUT2D eigenvalue weighted by Crippen LogP contribution is 2.35. The Hall–Kier alpha value is -1.20. The Balaban J connectivity index is 2.10. The molecule has 0 aliphatic rings. The average Bonchev–Trinajstić information content (AvgIpc) is 2.85. The average molecular weight is 360 g/mol. The van der Waals surface area contributed by atoms with Gasteiger partial charge in [0, 0.05) is 47.3 Å². The summed E-state index contributed by atoms with van der Waals surface area (Å²) in [5.74, 6) is 1.38. The van der Waals surface area contributed by atoms with Gasteiger partial charge in [0.2, 0.25) is 0 Å². The monoisotopic (exact) mass is 358 g/mol. The number of benzene rings is 1. The summed E-state index contributed by atoms with van der Waals surface area (Å²) < 4.78 is 13.1. The number of ether oxygens (including phenoxy) is 2. The van der Waals surface area contributed by atoms with Crippen molar-refractivity contribution in [2.45, 2.75) is 11.8 Å². The second-order valence-electron chi connectivity index (χ2n) is 4.27. The normalized spacial score (nSPS) is 10.6. The SMILES string of the molecule is COc1cc(Cl)cc(CBr)c1OCCc1ccnn1C.